The third-order valence-corrected chi connectivity index (χ3v) is 4.18. The quantitative estimate of drug-likeness (QED) is 0.392. The summed E-state index contributed by atoms with van der Waals surface area (Å²) in [6.45, 7) is 15.5. The molecule has 1 radical (unpaired) electrons. The van der Waals surface area contributed by atoms with Crippen LogP contribution in [0.25, 0.3) is 27.2 Å². The normalized spacial score (nSPS) is 10.0. The monoisotopic (exact) mass is 504 g/mol. The van der Waals surface area contributed by atoms with Crippen molar-refractivity contribution in [3.8, 4) is 22.4 Å². The van der Waals surface area contributed by atoms with Crippen molar-refractivity contribution in [3.63, 3.8) is 0 Å². The van der Waals surface area contributed by atoms with Crippen LogP contribution in [-0.2, 0) is 20.1 Å². The molecule has 0 saturated heterocycles. The zero-order chi connectivity index (χ0) is 17.3. The van der Waals surface area contributed by atoms with Crippen LogP contribution in [0.1, 0.15) is 22.3 Å². The first-order chi connectivity index (χ1) is 11.5. The Morgan fingerprint density at radius 1 is 0.920 bits per heavy atom. The number of nitrogens with zero attached hydrogens (tertiary/aromatic N) is 2. The van der Waals surface area contributed by atoms with Crippen LogP contribution in [0.5, 0.6) is 0 Å². The van der Waals surface area contributed by atoms with Gasteiger partial charge in [0.2, 0.25) is 0 Å². The summed E-state index contributed by atoms with van der Waals surface area (Å²) in [5, 5.41) is 0. The van der Waals surface area contributed by atoms with Crippen molar-refractivity contribution in [1.29, 1.82) is 0 Å². The molecule has 25 heavy (non-hydrogen) atoms. The number of benzene rings is 2. The van der Waals surface area contributed by atoms with E-state index in [4.69, 9.17) is 6.57 Å². The van der Waals surface area contributed by atoms with Crippen LogP contribution in [0, 0.1) is 40.3 Å². The van der Waals surface area contributed by atoms with Gasteiger partial charge >= 0.3 is 0 Å². The van der Waals surface area contributed by atoms with Crippen molar-refractivity contribution >= 4 is 5.69 Å². The molecule has 0 atom stereocenters. The Bertz CT molecular complexity index is 948. The Hall–Kier alpha value is -2.27. The average Bonchev–Trinajstić information content (AvgIpc) is 2.55. The molecular formula is C22H19IrN2-. The first-order valence-electron chi connectivity index (χ1n) is 7.94. The zero-order valence-electron chi connectivity index (χ0n) is 14.8. The molecule has 3 heteroatoms. The molecule has 127 valence electrons. The van der Waals surface area contributed by atoms with Gasteiger partial charge in [0.25, 0.3) is 0 Å². The molecule has 3 rings (SSSR count). The van der Waals surface area contributed by atoms with Crippen LogP contribution in [0.4, 0.5) is 5.69 Å². The maximum absolute atomic E-state index is 7.22. The smallest absolute Gasteiger partial charge is 0.187 e. The van der Waals surface area contributed by atoms with Gasteiger partial charge < -0.3 is 4.98 Å². The van der Waals surface area contributed by atoms with Gasteiger partial charge in [-0.05, 0) is 42.3 Å². The van der Waals surface area contributed by atoms with Gasteiger partial charge in [-0.25, -0.2) is 4.85 Å². The standard InChI is InChI=1S/C22H19N2.Ir/c1-14-8-15(2)10-18(9-14)22-11-17(4)21(13-24-22)20-12-19(23-5)7-6-16(20)3;/h6-9,11-13H,1-4H3;/q-1;. The van der Waals surface area contributed by atoms with E-state index < -0.39 is 0 Å². The average molecular weight is 504 g/mol. The summed E-state index contributed by atoms with van der Waals surface area (Å²) in [7, 11) is 0. The van der Waals surface area contributed by atoms with E-state index in [2.05, 4.69) is 61.8 Å². The van der Waals surface area contributed by atoms with Crippen LogP contribution in [0.3, 0.4) is 0 Å². The summed E-state index contributed by atoms with van der Waals surface area (Å²) >= 11 is 0. The molecule has 0 amide bonds. The van der Waals surface area contributed by atoms with E-state index >= 15 is 0 Å². The second-order valence-electron chi connectivity index (χ2n) is 6.25. The fraction of sp³-hybridized carbons (Fsp3) is 0.182. The van der Waals surface area contributed by atoms with Crippen molar-refractivity contribution in [1.82, 2.24) is 4.98 Å². The van der Waals surface area contributed by atoms with Crippen molar-refractivity contribution in [2.45, 2.75) is 27.7 Å². The van der Waals surface area contributed by atoms with E-state index in [0.717, 1.165) is 39.1 Å². The molecule has 0 aliphatic heterocycles. The van der Waals surface area contributed by atoms with Gasteiger partial charge in [-0.2, -0.15) is 0 Å². The molecular weight excluding hydrogens is 484 g/mol. The molecule has 0 saturated carbocycles. The van der Waals surface area contributed by atoms with Gasteiger partial charge in [0.1, 0.15) is 0 Å². The van der Waals surface area contributed by atoms with E-state index in [1.165, 1.54) is 5.56 Å². The maximum atomic E-state index is 7.22. The summed E-state index contributed by atoms with van der Waals surface area (Å²) in [5.74, 6) is 0. The number of aryl methyl sites for hydroxylation is 4. The van der Waals surface area contributed by atoms with Gasteiger partial charge in [-0.15, -0.1) is 34.9 Å². The van der Waals surface area contributed by atoms with Crippen molar-refractivity contribution < 1.29 is 20.1 Å². The Morgan fingerprint density at radius 2 is 1.68 bits per heavy atom. The summed E-state index contributed by atoms with van der Waals surface area (Å²) in [4.78, 5) is 8.19. The third kappa shape index (κ3) is 4.04. The second kappa shape index (κ2) is 7.74. The number of aromatic nitrogens is 1. The third-order valence-electron chi connectivity index (χ3n) is 4.18. The van der Waals surface area contributed by atoms with Crippen LogP contribution >= 0.6 is 0 Å². The molecule has 0 bridgehead atoms. The van der Waals surface area contributed by atoms with Gasteiger partial charge in [0.15, 0.2) is 5.69 Å². The molecule has 3 aromatic rings. The Balaban J connectivity index is 0.00000225. The van der Waals surface area contributed by atoms with Crippen LogP contribution in [-0.4, -0.2) is 4.98 Å². The molecule has 1 heterocycles. The molecule has 2 nitrogen and oxygen atoms in total. The summed E-state index contributed by atoms with van der Waals surface area (Å²) < 4.78 is 0. The SMILES string of the molecule is [C-]#[N+]c1ccc(C)c(-c2cnc(-c3[c-]c(C)cc(C)c3)cc2C)c1.[Ir]. The Labute approximate surface area is 163 Å². The molecule has 0 aliphatic rings. The predicted octanol–water partition coefficient (Wildman–Crippen LogP) is 6.00. The maximum Gasteiger partial charge on any atom is 0.187 e. The van der Waals surface area contributed by atoms with Gasteiger partial charge in [0.05, 0.1) is 6.57 Å². The van der Waals surface area contributed by atoms with Gasteiger partial charge in [0, 0.05) is 31.9 Å². The van der Waals surface area contributed by atoms with Crippen molar-refractivity contribution in [2.24, 2.45) is 0 Å². The summed E-state index contributed by atoms with van der Waals surface area (Å²) in [5.41, 5.74) is 9.39. The Morgan fingerprint density at radius 3 is 2.32 bits per heavy atom. The molecule has 0 N–H and O–H groups in total. The van der Waals surface area contributed by atoms with E-state index in [0.29, 0.717) is 5.69 Å². The number of rotatable bonds is 2. The minimum atomic E-state index is 0. The topological polar surface area (TPSA) is 17.2 Å². The van der Waals surface area contributed by atoms with E-state index in [9.17, 15) is 0 Å². The van der Waals surface area contributed by atoms with Crippen LogP contribution in [0.2, 0.25) is 0 Å². The number of pyridine rings is 1. The number of hydrogen-bond acceptors (Lipinski definition) is 1. The molecule has 0 unspecified atom stereocenters. The fourth-order valence-corrected chi connectivity index (χ4v) is 2.99. The van der Waals surface area contributed by atoms with Crippen molar-refractivity contribution in [2.75, 3.05) is 0 Å². The minimum Gasteiger partial charge on any atom is -0.304 e. The van der Waals surface area contributed by atoms with Crippen molar-refractivity contribution in [3.05, 3.63) is 82.3 Å². The largest absolute Gasteiger partial charge is 0.304 e. The minimum absolute atomic E-state index is 0. The Kier molecular flexibility index (Phi) is 5.90. The van der Waals surface area contributed by atoms with Crippen LogP contribution < -0.4 is 0 Å². The fourth-order valence-electron chi connectivity index (χ4n) is 2.99. The molecule has 0 spiro atoms. The van der Waals surface area contributed by atoms with E-state index in [-0.39, 0.29) is 20.1 Å². The summed E-state index contributed by atoms with van der Waals surface area (Å²) in [6, 6.07) is 15.5. The molecule has 2 aromatic carbocycles. The van der Waals surface area contributed by atoms with E-state index in [1.807, 2.05) is 24.4 Å². The molecule has 0 fully saturated rings. The molecule has 1 aromatic heterocycles. The number of hydrogen-bond donors (Lipinski definition) is 0. The first-order valence-corrected chi connectivity index (χ1v) is 7.94. The zero-order valence-corrected chi connectivity index (χ0v) is 17.2. The second-order valence-corrected chi connectivity index (χ2v) is 6.25. The summed E-state index contributed by atoms with van der Waals surface area (Å²) in [6.07, 6.45) is 1.91. The van der Waals surface area contributed by atoms with Crippen LogP contribution in [0.15, 0.2) is 42.6 Å². The van der Waals surface area contributed by atoms with E-state index in [1.54, 1.807) is 0 Å². The predicted molar refractivity (Wildman–Crippen MR) is 99.2 cm³/mol. The first kappa shape index (κ1) is 19.1. The van der Waals surface area contributed by atoms with Gasteiger partial charge in [-0.1, -0.05) is 32.0 Å². The van der Waals surface area contributed by atoms with Gasteiger partial charge in [-0.3, -0.25) is 0 Å². The molecule has 0 aliphatic carbocycles.